The van der Waals surface area contributed by atoms with E-state index >= 15 is 0 Å². The van der Waals surface area contributed by atoms with Crippen LogP contribution in [0.1, 0.15) is 28.8 Å². The standard InChI is InChI=1S/C20H25N7O4S/c1-25-18-9-15(3-4-17(18)23-24-25)13-27(32(2,30)31)12-14-5-7-26(8-6-14)20-21-10-16(11-22-20)19(28)29/h3-4,9-11,14H,5-8,12-13H2,1-2H3,(H,28,29). The van der Waals surface area contributed by atoms with Gasteiger partial charge in [-0.15, -0.1) is 5.10 Å². The summed E-state index contributed by atoms with van der Waals surface area (Å²) in [5, 5.41) is 17.0. The number of sulfonamides is 1. The number of rotatable bonds is 7. The van der Waals surface area contributed by atoms with Crippen molar-refractivity contribution >= 4 is 33.0 Å². The van der Waals surface area contributed by atoms with Gasteiger partial charge in [0.15, 0.2) is 0 Å². The first-order valence-electron chi connectivity index (χ1n) is 10.2. The second kappa shape index (κ2) is 8.79. The molecule has 1 aliphatic heterocycles. The lowest BCUT2D eigenvalue weighted by molar-refractivity contribution is 0.0696. The summed E-state index contributed by atoms with van der Waals surface area (Å²) in [6.07, 6.45) is 5.43. The Hall–Kier alpha value is -3.12. The van der Waals surface area contributed by atoms with Crippen molar-refractivity contribution in [1.29, 1.82) is 0 Å². The minimum Gasteiger partial charge on any atom is -0.478 e. The minimum absolute atomic E-state index is 0.0486. The summed E-state index contributed by atoms with van der Waals surface area (Å²) in [5.74, 6) is -0.359. The van der Waals surface area contributed by atoms with Crippen LogP contribution in [-0.4, -0.2) is 74.7 Å². The summed E-state index contributed by atoms with van der Waals surface area (Å²) in [5.41, 5.74) is 2.57. The van der Waals surface area contributed by atoms with Crippen molar-refractivity contribution in [3.63, 3.8) is 0 Å². The van der Waals surface area contributed by atoms with Gasteiger partial charge in [0.1, 0.15) is 5.52 Å². The van der Waals surface area contributed by atoms with Gasteiger partial charge in [-0.3, -0.25) is 0 Å². The van der Waals surface area contributed by atoms with Crippen molar-refractivity contribution < 1.29 is 18.3 Å². The normalized spacial score (nSPS) is 15.5. The first kappa shape index (κ1) is 22.1. The van der Waals surface area contributed by atoms with E-state index in [1.165, 1.54) is 23.0 Å². The van der Waals surface area contributed by atoms with E-state index < -0.39 is 16.0 Å². The Kier molecular flexibility index (Phi) is 6.07. The van der Waals surface area contributed by atoms with Crippen LogP contribution in [0.25, 0.3) is 11.0 Å². The number of aromatic nitrogens is 5. The van der Waals surface area contributed by atoms with Gasteiger partial charge >= 0.3 is 5.97 Å². The second-order valence-corrected chi connectivity index (χ2v) is 10.1. The molecule has 0 bridgehead atoms. The fourth-order valence-corrected chi connectivity index (χ4v) is 4.76. The number of anilines is 1. The molecule has 0 spiro atoms. The van der Waals surface area contributed by atoms with Gasteiger partial charge in [-0.05, 0) is 36.5 Å². The van der Waals surface area contributed by atoms with Gasteiger partial charge in [-0.25, -0.2) is 27.9 Å². The highest BCUT2D eigenvalue weighted by Crippen LogP contribution is 2.24. The second-order valence-electron chi connectivity index (χ2n) is 8.10. The minimum atomic E-state index is -3.39. The summed E-state index contributed by atoms with van der Waals surface area (Å²) in [6.45, 7) is 2.09. The zero-order valence-corrected chi connectivity index (χ0v) is 18.7. The van der Waals surface area contributed by atoms with Crippen LogP contribution in [0.15, 0.2) is 30.6 Å². The van der Waals surface area contributed by atoms with Crippen molar-refractivity contribution in [1.82, 2.24) is 29.3 Å². The molecule has 1 aromatic carbocycles. The fourth-order valence-electron chi connectivity index (χ4n) is 3.89. The molecule has 1 fully saturated rings. The number of nitrogens with zero attached hydrogens (tertiary/aromatic N) is 7. The maximum Gasteiger partial charge on any atom is 0.338 e. The Bertz CT molecular complexity index is 1220. The topological polar surface area (TPSA) is 134 Å². The number of hydrogen-bond acceptors (Lipinski definition) is 8. The molecule has 32 heavy (non-hydrogen) atoms. The van der Waals surface area contributed by atoms with Crippen molar-refractivity contribution in [3.8, 4) is 0 Å². The monoisotopic (exact) mass is 459 g/mol. The van der Waals surface area contributed by atoms with E-state index in [-0.39, 0.29) is 11.5 Å². The number of hydrogen-bond donors (Lipinski definition) is 1. The molecule has 12 heteroatoms. The SMILES string of the molecule is Cn1nnc2ccc(CN(CC3CCN(c4ncc(C(=O)O)cn4)CC3)S(C)(=O)=O)cc21. The maximum absolute atomic E-state index is 12.5. The van der Waals surface area contributed by atoms with Gasteiger partial charge in [0.05, 0.1) is 17.3 Å². The van der Waals surface area contributed by atoms with Gasteiger partial charge in [0.2, 0.25) is 16.0 Å². The molecule has 170 valence electrons. The molecule has 1 saturated heterocycles. The molecule has 0 radical (unpaired) electrons. The maximum atomic E-state index is 12.5. The number of benzene rings is 1. The molecule has 3 heterocycles. The van der Waals surface area contributed by atoms with Crippen LogP contribution < -0.4 is 4.90 Å². The quantitative estimate of drug-likeness (QED) is 0.552. The number of carboxylic acid groups (broad SMARTS) is 1. The third-order valence-corrected chi connectivity index (χ3v) is 6.96. The molecule has 4 rings (SSSR count). The molecule has 0 atom stereocenters. The largest absolute Gasteiger partial charge is 0.478 e. The molecular weight excluding hydrogens is 434 g/mol. The summed E-state index contributed by atoms with van der Waals surface area (Å²) in [7, 11) is -1.58. The van der Waals surface area contributed by atoms with Gasteiger partial charge in [0, 0.05) is 45.6 Å². The van der Waals surface area contributed by atoms with E-state index in [1.807, 2.05) is 23.1 Å². The molecule has 0 unspecified atom stereocenters. The Morgan fingerprint density at radius 1 is 1.22 bits per heavy atom. The number of aryl methyl sites for hydroxylation is 1. The van der Waals surface area contributed by atoms with E-state index in [2.05, 4.69) is 20.3 Å². The molecule has 1 N–H and O–H groups in total. The Labute approximate surface area is 185 Å². The summed E-state index contributed by atoms with van der Waals surface area (Å²) < 4.78 is 28.2. The van der Waals surface area contributed by atoms with Crippen LogP contribution >= 0.6 is 0 Å². The van der Waals surface area contributed by atoms with E-state index in [9.17, 15) is 13.2 Å². The van der Waals surface area contributed by atoms with E-state index in [0.29, 0.717) is 32.1 Å². The van der Waals surface area contributed by atoms with E-state index in [4.69, 9.17) is 5.11 Å². The molecule has 3 aromatic rings. The summed E-state index contributed by atoms with van der Waals surface area (Å²) in [4.78, 5) is 21.3. The van der Waals surface area contributed by atoms with E-state index in [1.54, 1.807) is 11.7 Å². The third-order valence-electron chi connectivity index (χ3n) is 5.75. The average Bonchev–Trinajstić information content (AvgIpc) is 3.13. The predicted octanol–water partition coefficient (Wildman–Crippen LogP) is 1.13. The lowest BCUT2D eigenvalue weighted by Gasteiger charge is -2.34. The van der Waals surface area contributed by atoms with Crippen LogP contribution in [-0.2, 0) is 23.6 Å². The fraction of sp³-hybridized carbons (Fsp3) is 0.450. The number of fused-ring (bicyclic) bond motifs is 1. The van der Waals surface area contributed by atoms with Crippen molar-refractivity contribution in [2.24, 2.45) is 13.0 Å². The average molecular weight is 460 g/mol. The molecular formula is C20H25N7O4S. The van der Waals surface area contributed by atoms with Gasteiger partial charge < -0.3 is 10.0 Å². The Balaban J connectivity index is 1.40. The van der Waals surface area contributed by atoms with Gasteiger partial charge in [-0.2, -0.15) is 4.31 Å². The predicted molar refractivity (Wildman–Crippen MR) is 118 cm³/mol. The lowest BCUT2D eigenvalue weighted by atomic mass is 9.97. The van der Waals surface area contributed by atoms with Crippen LogP contribution in [0.5, 0.6) is 0 Å². The molecule has 0 aliphatic carbocycles. The van der Waals surface area contributed by atoms with Crippen molar-refractivity contribution in [3.05, 3.63) is 41.7 Å². The molecule has 0 amide bonds. The number of carboxylic acids is 1. The highest BCUT2D eigenvalue weighted by molar-refractivity contribution is 7.88. The van der Waals surface area contributed by atoms with Crippen molar-refractivity contribution in [2.45, 2.75) is 19.4 Å². The Morgan fingerprint density at radius 3 is 2.53 bits per heavy atom. The van der Waals surface area contributed by atoms with Crippen LogP contribution in [0.4, 0.5) is 5.95 Å². The number of carbonyl (C=O) groups is 1. The highest BCUT2D eigenvalue weighted by atomic mass is 32.2. The van der Waals surface area contributed by atoms with Crippen LogP contribution in [0.3, 0.4) is 0 Å². The number of aromatic carboxylic acids is 1. The molecule has 2 aromatic heterocycles. The van der Waals surface area contributed by atoms with Crippen LogP contribution in [0.2, 0.25) is 0 Å². The van der Waals surface area contributed by atoms with Crippen LogP contribution in [0, 0.1) is 5.92 Å². The highest BCUT2D eigenvalue weighted by Gasteiger charge is 2.26. The first-order valence-corrected chi connectivity index (χ1v) is 12.1. The first-order chi connectivity index (χ1) is 15.2. The van der Waals surface area contributed by atoms with E-state index in [0.717, 1.165) is 29.4 Å². The van der Waals surface area contributed by atoms with Crippen molar-refractivity contribution in [2.75, 3.05) is 30.8 Å². The molecule has 11 nitrogen and oxygen atoms in total. The lowest BCUT2D eigenvalue weighted by Crippen LogP contribution is -2.41. The molecule has 0 saturated carbocycles. The zero-order valence-electron chi connectivity index (χ0n) is 17.9. The van der Waals surface area contributed by atoms with Gasteiger partial charge in [0.25, 0.3) is 0 Å². The molecule has 1 aliphatic rings. The van der Waals surface area contributed by atoms with Gasteiger partial charge in [-0.1, -0.05) is 11.3 Å². The third kappa shape index (κ3) is 4.86. The zero-order chi connectivity index (χ0) is 22.9. The Morgan fingerprint density at radius 2 is 1.91 bits per heavy atom. The summed E-state index contributed by atoms with van der Waals surface area (Å²) >= 11 is 0. The smallest absolute Gasteiger partial charge is 0.338 e. The summed E-state index contributed by atoms with van der Waals surface area (Å²) in [6, 6.07) is 5.66. The number of piperidine rings is 1.